The second-order valence-electron chi connectivity index (χ2n) is 3.79. The van der Waals surface area contributed by atoms with Gasteiger partial charge in [0, 0.05) is 26.0 Å². The Balaban J connectivity index is 2.28. The molecule has 7 nitrogen and oxygen atoms in total. The van der Waals surface area contributed by atoms with Gasteiger partial charge in [-0.05, 0) is 11.6 Å². The SMILES string of the molecule is Cn1c(N)c(NCc2cccnc2)c(=O)[nH]c1=O. The number of aromatic nitrogens is 3. The summed E-state index contributed by atoms with van der Waals surface area (Å²) in [5, 5.41) is 2.90. The van der Waals surface area contributed by atoms with Gasteiger partial charge < -0.3 is 11.1 Å². The van der Waals surface area contributed by atoms with E-state index >= 15 is 0 Å². The number of anilines is 2. The van der Waals surface area contributed by atoms with Crippen molar-refractivity contribution in [1.29, 1.82) is 0 Å². The van der Waals surface area contributed by atoms with E-state index in [-0.39, 0.29) is 11.5 Å². The largest absolute Gasteiger partial charge is 0.383 e. The molecule has 2 aromatic heterocycles. The summed E-state index contributed by atoms with van der Waals surface area (Å²) in [4.78, 5) is 29.0. The summed E-state index contributed by atoms with van der Waals surface area (Å²) in [6.07, 6.45) is 3.34. The van der Waals surface area contributed by atoms with Gasteiger partial charge in [0.15, 0.2) is 0 Å². The van der Waals surface area contributed by atoms with Crippen molar-refractivity contribution in [2.45, 2.75) is 6.54 Å². The number of nitrogens with one attached hydrogen (secondary N) is 2. The summed E-state index contributed by atoms with van der Waals surface area (Å²) in [5.74, 6) is 0.104. The third kappa shape index (κ3) is 2.24. The molecule has 0 aliphatic rings. The van der Waals surface area contributed by atoms with E-state index in [2.05, 4.69) is 15.3 Å². The standard InChI is InChI=1S/C11H13N5O2/c1-16-9(12)8(10(17)15-11(16)18)14-6-7-3-2-4-13-5-7/h2-5,14H,6,12H2,1H3,(H,15,17,18). The monoisotopic (exact) mass is 247 g/mol. The van der Waals surface area contributed by atoms with Gasteiger partial charge in [-0.25, -0.2) is 4.79 Å². The average Bonchev–Trinajstić information content (AvgIpc) is 2.37. The van der Waals surface area contributed by atoms with Crippen molar-refractivity contribution in [2.75, 3.05) is 11.1 Å². The smallest absolute Gasteiger partial charge is 0.329 e. The molecule has 0 saturated carbocycles. The molecule has 0 bridgehead atoms. The number of aromatic amines is 1. The molecule has 7 heteroatoms. The normalized spacial score (nSPS) is 10.3. The molecule has 2 rings (SSSR count). The molecule has 0 fully saturated rings. The number of pyridine rings is 1. The highest BCUT2D eigenvalue weighted by Crippen LogP contribution is 2.09. The van der Waals surface area contributed by atoms with Crippen molar-refractivity contribution in [1.82, 2.24) is 14.5 Å². The van der Waals surface area contributed by atoms with Crippen molar-refractivity contribution in [2.24, 2.45) is 7.05 Å². The van der Waals surface area contributed by atoms with E-state index in [1.165, 1.54) is 11.6 Å². The lowest BCUT2D eigenvalue weighted by atomic mass is 10.3. The van der Waals surface area contributed by atoms with Crippen LogP contribution in [0.1, 0.15) is 5.56 Å². The summed E-state index contributed by atoms with van der Waals surface area (Å²) >= 11 is 0. The highest BCUT2D eigenvalue weighted by atomic mass is 16.2. The van der Waals surface area contributed by atoms with E-state index in [9.17, 15) is 9.59 Å². The fraction of sp³-hybridized carbons (Fsp3) is 0.182. The van der Waals surface area contributed by atoms with E-state index in [1.54, 1.807) is 18.5 Å². The highest BCUT2D eigenvalue weighted by molar-refractivity contribution is 5.60. The van der Waals surface area contributed by atoms with Crippen LogP contribution in [0.15, 0.2) is 34.1 Å². The quantitative estimate of drug-likeness (QED) is 0.688. The first kappa shape index (κ1) is 11.9. The predicted molar refractivity (Wildman–Crippen MR) is 68.3 cm³/mol. The van der Waals surface area contributed by atoms with Crippen molar-refractivity contribution in [3.05, 3.63) is 50.9 Å². The van der Waals surface area contributed by atoms with Crippen LogP contribution in [0, 0.1) is 0 Å². The maximum atomic E-state index is 11.6. The highest BCUT2D eigenvalue weighted by Gasteiger charge is 2.09. The van der Waals surface area contributed by atoms with Gasteiger partial charge in [0.2, 0.25) is 0 Å². The fourth-order valence-electron chi connectivity index (χ4n) is 1.50. The number of nitrogens with two attached hydrogens (primary N) is 1. The van der Waals surface area contributed by atoms with Crippen LogP contribution in [0.25, 0.3) is 0 Å². The number of hydrogen-bond donors (Lipinski definition) is 3. The molecule has 0 aliphatic carbocycles. The lowest BCUT2D eigenvalue weighted by Crippen LogP contribution is -2.32. The van der Waals surface area contributed by atoms with Crippen molar-refractivity contribution < 1.29 is 0 Å². The predicted octanol–water partition coefficient (Wildman–Crippen LogP) is -0.337. The molecule has 2 heterocycles. The van der Waals surface area contributed by atoms with Crippen LogP contribution in [0.3, 0.4) is 0 Å². The Labute approximate surface area is 102 Å². The van der Waals surface area contributed by atoms with Gasteiger partial charge in [-0.3, -0.25) is 19.3 Å². The third-order valence-electron chi connectivity index (χ3n) is 2.56. The van der Waals surface area contributed by atoms with Crippen LogP contribution in [-0.2, 0) is 13.6 Å². The van der Waals surface area contributed by atoms with Gasteiger partial charge >= 0.3 is 5.69 Å². The van der Waals surface area contributed by atoms with E-state index in [0.717, 1.165) is 5.56 Å². The molecule has 0 unspecified atom stereocenters. The fourth-order valence-corrected chi connectivity index (χ4v) is 1.50. The van der Waals surface area contributed by atoms with Crippen LogP contribution in [0.2, 0.25) is 0 Å². The number of nitrogen functional groups attached to an aromatic ring is 1. The Morgan fingerprint density at radius 1 is 1.50 bits per heavy atom. The number of rotatable bonds is 3. The zero-order valence-corrected chi connectivity index (χ0v) is 9.80. The zero-order valence-electron chi connectivity index (χ0n) is 9.80. The Morgan fingerprint density at radius 2 is 2.28 bits per heavy atom. The number of hydrogen-bond acceptors (Lipinski definition) is 5. The van der Waals surface area contributed by atoms with Crippen LogP contribution < -0.4 is 22.3 Å². The molecule has 18 heavy (non-hydrogen) atoms. The molecule has 0 radical (unpaired) electrons. The Morgan fingerprint density at radius 3 is 2.94 bits per heavy atom. The summed E-state index contributed by atoms with van der Waals surface area (Å²) < 4.78 is 1.17. The number of nitrogens with zero attached hydrogens (tertiary/aromatic N) is 2. The van der Waals surface area contributed by atoms with Crippen molar-refractivity contribution in [3.63, 3.8) is 0 Å². The van der Waals surface area contributed by atoms with Gasteiger partial charge in [0.25, 0.3) is 5.56 Å². The topological polar surface area (TPSA) is 106 Å². The Bertz CT molecular complexity index is 659. The maximum absolute atomic E-state index is 11.6. The lowest BCUT2D eigenvalue weighted by molar-refractivity contribution is 0.812. The minimum Gasteiger partial charge on any atom is -0.383 e. The zero-order chi connectivity index (χ0) is 13.1. The molecule has 0 aromatic carbocycles. The van der Waals surface area contributed by atoms with E-state index in [1.807, 2.05) is 6.07 Å². The molecular formula is C11H13N5O2. The van der Waals surface area contributed by atoms with E-state index in [0.29, 0.717) is 6.54 Å². The molecule has 0 saturated heterocycles. The molecule has 0 aliphatic heterocycles. The Kier molecular flexibility index (Phi) is 3.13. The molecule has 0 amide bonds. The summed E-state index contributed by atoms with van der Waals surface area (Å²) in [6.45, 7) is 0.402. The van der Waals surface area contributed by atoms with Gasteiger partial charge in [-0.1, -0.05) is 6.07 Å². The second-order valence-corrected chi connectivity index (χ2v) is 3.79. The molecular weight excluding hydrogens is 234 g/mol. The molecule has 4 N–H and O–H groups in total. The second kappa shape index (κ2) is 4.74. The maximum Gasteiger partial charge on any atom is 0.329 e. The summed E-state index contributed by atoms with van der Waals surface area (Å²) in [5.41, 5.74) is 5.74. The van der Waals surface area contributed by atoms with Gasteiger partial charge in [-0.2, -0.15) is 0 Å². The van der Waals surface area contributed by atoms with Crippen LogP contribution in [-0.4, -0.2) is 14.5 Å². The summed E-state index contributed by atoms with van der Waals surface area (Å²) in [7, 11) is 1.49. The molecule has 0 spiro atoms. The summed E-state index contributed by atoms with van der Waals surface area (Å²) in [6, 6.07) is 3.66. The van der Waals surface area contributed by atoms with Gasteiger partial charge in [0.1, 0.15) is 11.5 Å². The Hall–Kier alpha value is -2.57. The average molecular weight is 247 g/mol. The van der Waals surface area contributed by atoms with Crippen molar-refractivity contribution >= 4 is 11.5 Å². The minimum atomic E-state index is -0.538. The first-order valence-corrected chi connectivity index (χ1v) is 5.31. The molecule has 0 atom stereocenters. The van der Waals surface area contributed by atoms with Gasteiger partial charge in [0.05, 0.1) is 0 Å². The van der Waals surface area contributed by atoms with E-state index in [4.69, 9.17) is 5.73 Å². The first-order chi connectivity index (χ1) is 8.59. The molecule has 94 valence electrons. The van der Waals surface area contributed by atoms with Crippen molar-refractivity contribution in [3.8, 4) is 0 Å². The number of H-pyrrole nitrogens is 1. The lowest BCUT2D eigenvalue weighted by Gasteiger charge is -2.10. The van der Waals surface area contributed by atoms with Crippen LogP contribution >= 0.6 is 0 Å². The van der Waals surface area contributed by atoms with E-state index < -0.39 is 11.2 Å². The van der Waals surface area contributed by atoms with Crippen LogP contribution in [0.5, 0.6) is 0 Å². The minimum absolute atomic E-state index is 0.104. The van der Waals surface area contributed by atoms with Gasteiger partial charge in [-0.15, -0.1) is 0 Å². The molecule has 2 aromatic rings. The first-order valence-electron chi connectivity index (χ1n) is 5.31. The third-order valence-corrected chi connectivity index (χ3v) is 2.56. The van der Waals surface area contributed by atoms with Crippen LogP contribution in [0.4, 0.5) is 11.5 Å².